The van der Waals surface area contributed by atoms with Crippen molar-refractivity contribution >= 4 is 23.4 Å². The minimum Gasteiger partial charge on any atom is -0.297 e. The van der Waals surface area contributed by atoms with Gasteiger partial charge in [-0.05, 0) is 6.92 Å². The van der Waals surface area contributed by atoms with Gasteiger partial charge in [0.05, 0.1) is 5.69 Å². The Balaban J connectivity index is 2.08. The average Bonchev–Trinajstić information content (AvgIpc) is 2.45. The van der Waals surface area contributed by atoms with E-state index in [0.29, 0.717) is 0 Å². The van der Waals surface area contributed by atoms with E-state index in [1.807, 2.05) is 14.0 Å². The third-order valence-electron chi connectivity index (χ3n) is 2.98. The Morgan fingerprint density at radius 1 is 1.56 bits per heavy atom. The number of aromatic nitrogens is 2. The van der Waals surface area contributed by atoms with Crippen molar-refractivity contribution in [3.8, 4) is 0 Å². The number of hydrogen-bond donors (Lipinski definition) is 0. The summed E-state index contributed by atoms with van der Waals surface area (Å²) in [7, 11) is 1.90. The van der Waals surface area contributed by atoms with Gasteiger partial charge in [0.25, 0.3) is 0 Å². The van der Waals surface area contributed by atoms with Gasteiger partial charge in [0.2, 0.25) is 0 Å². The summed E-state index contributed by atoms with van der Waals surface area (Å²) in [6.45, 7) is 7.55. The molecule has 1 atom stereocenters. The van der Waals surface area contributed by atoms with Crippen LogP contribution >= 0.6 is 23.4 Å². The van der Waals surface area contributed by atoms with Crippen molar-refractivity contribution in [2.75, 3.05) is 18.8 Å². The van der Waals surface area contributed by atoms with E-state index < -0.39 is 0 Å². The van der Waals surface area contributed by atoms with Crippen LogP contribution in [0.3, 0.4) is 0 Å². The summed E-state index contributed by atoms with van der Waals surface area (Å²) in [4.78, 5) is 2.47. The maximum absolute atomic E-state index is 6.24. The normalized spacial score (nSPS) is 22.6. The summed E-state index contributed by atoms with van der Waals surface area (Å²) in [5, 5.41) is 5.86. The van der Waals surface area contributed by atoms with Gasteiger partial charge in [0.1, 0.15) is 5.15 Å². The lowest BCUT2D eigenvalue weighted by Gasteiger charge is -2.30. The average molecular weight is 260 g/mol. The van der Waals surface area contributed by atoms with E-state index in [9.17, 15) is 0 Å². The smallest absolute Gasteiger partial charge is 0.131 e. The lowest BCUT2D eigenvalue weighted by Crippen LogP contribution is -2.36. The zero-order valence-corrected chi connectivity index (χ0v) is 11.6. The van der Waals surface area contributed by atoms with Crippen molar-refractivity contribution in [1.82, 2.24) is 14.7 Å². The maximum Gasteiger partial charge on any atom is 0.131 e. The molecule has 1 unspecified atom stereocenters. The molecule has 2 heterocycles. The van der Waals surface area contributed by atoms with Crippen LogP contribution in [0.2, 0.25) is 5.15 Å². The van der Waals surface area contributed by atoms with Crippen molar-refractivity contribution in [2.24, 2.45) is 7.05 Å². The van der Waals surface area contributed by atoms with Crippen LogP contribution in [-0.2, 0) is 13.6 Å². The molecule has 1 fully saturated rings. The number of thioether (sulfide) groups is 1. The summed E-state index contributed by atoms with van der Waals surface area (Å²) in [6.07, 6.45) is 0. The van der Waals surface area contributed by atoms with E-state index in [1.165, 1.54) is 11.3 Å². The summed E-state index contributed by atoms with van der Waals surface area (Å²) in [5.41, 5.74) is 2.24. The molecular weight excluding hydrogens is 242 g/mol. The van der Waals surface area contributed by atoms with E-state index in [-0.39, 0.29) is 0 Å². The predicted molar refractivity (Wildman–Crippen MR) is 70.2 cm³/mol. The summed E-state index contributed by atoms with van der Waals surface area (Å²) in [6, 6.07) is 0. The fourth-order valence-corrected chi connectivity index (χ4v) is 3.43. The summed E-state index contributed by atoms with van der Waals surface area (Å²) < 4.78 is 1.76. The Hall–Kier alpha value is -0.190. The first-order chi connectivity index (χ1) is 7.58. The van der Waals surface area contributed by atoms with E-state index in [1.54, 1.807) is 4.68 Å². The zero-order chi connectivity index (χ0) is 11.7. The van der Waals surface area contributed by atoms with Crippen LogP contribution in [0, 0.1) is 6.92 Å². The van der Waals surface area contributed by atoms with Crippen LogP contribution in [-0.4, -0.2) is 38.8 Å². The van der Waals surface area contributed by atoms with Gasteiger partial charge in [0.15, 0.2) is 0 Å². The molecule has 0 saturated carbocycles. The van der Waals surface area contributed by atoms with Gasteiger partial charge in [-0.25, -0.2) is 0 Å². The largest absolute Gasteiger partial charge is 0.297 e. The molecule has 1 aliphatic heterocycles. The SMILES string of the molecule is Cc1nn(C)c(Cl)c1CN1CCSC(C)C1. The highest BCUT2D eigenvalue weighted by molar-refractivity contribution is 7.99. The fourth-order valence-electron chi connectivity index (χ4n) is 2.11. The first-order valence-corrected chi connectivity index (χ1v) is 7.02. The Morgan fingerprint density at radius 2 is 2.31 bits per heavy atom. The van der Waals surface area contributed by atoms with Crippen LogP contribution in [0.5, 0.6) is 0 Å². The third-order valence-corrected chi connectivity index (χ3v) is 4.59. The molecule has 0 N–H and O–H groups in total. The first kappa shape index (κ1) is 12.3. The number of hydrogen-bond acceptors (Lipinski definition) is 3. The van der Waals surface area contributed by atoms with Crippen LogP contribution in [0.1, 0.15) is 18.2 Å². The van der Waals surface area contributed by atoms with Crippen molar-refractivity contribution in [3.05, 3.63) is 16.4 Å². The maximum atomic E-state index is 6.24. The van der Waals surface area contributed by atoms with Crippen molar-refractivity contribution in [3.63, 3.8) is 0 Å². The second-order valence-corrected chi connectivity index (χ2v) is 6.30. The molecule has 5 heteroatoms. The molecule has 3 nitrogen and oxygen atoms in total. The molecule has 0 amide bonds. The standard InChI is InChI=1S/C11H18ClN3S/c1-8-6-15(4-5-16-8)7-10-9(2)13-14(3)11(10)12/h8H,4-7H2,1-3H3. The molecule has 1 aliphatic rings. The van der Waals surface area contributed by atoms with Crippen molar-refractivity contribution in [2.45, 2.75) is 25.6 Å². The molecule has 16 heavy (non-hydrogen) atoms. The van der Waals surface area contributed by atoms with Crippen molar-refractivity contribution < 1.29 is 0 Å². The molecule has 0 bridgehead atoms. The van der Waals surface area contributed by atoms with E-state index in [2.05, 4.69) is 28.7 Å². The Bertz CT molecular complexity index is 378. The van der Waals surface area contributed by atoms with Crippen molar-refractivity contribution in [1.29, 1.82) is 0 Å². The van der Waals surface area contributed by atoms with Gasteiger partial charge in [-0.2, -0.15) is 16.9 Å². The highest BCUT2D eigenvalue weighted by Gasteiger charge is 2.20. The molecule has 0 spiro atoms. The van der Waals surface area contributed by atoms with Gasteiger partial charge in [0, 0.05) is 43.2 Å². The summed E-state index contributed by atoms with van der Waals surface area (Å²) >= 11 is 8.29. The highest BCUT2D eigenvalue weighted by Crippen LogP contribution is 2.24. The molecular formula is C11H18ClN3S. The number of aryl methyl sites for hydroxylation is 2. The number of nitrogens with zero attached hydrogens (tertiary/aromatic N) is 3. The molecule has 1 aromatic heterocycles. The van der Waals surface area contributed by atoms with Crippen LogP contribution in [0.25, 0.3) is 0 Å². The minimum absolute atomic E-state index is 0.726. The summed E-state index contributed by atoms with van der Waals surface area (Å²) in [5.74, 6) is 1.22. The van der Waals surface area contributed by atoms with Gasteiger partial charge in [-0.15, -0.1) is 0 Å². The highest BCUT2D eigenvalue weighted by atomic mass is 35.5. The predicted octanol–water partition coefficient (Wildman–Crippen LogP) is 2.32. The number of halogens is 1. The molecule has 2 rings (SSSR count). The molecule has 90 valence electrons. The topological polar surface area (TPSA) is 21.1 Å². The van der Waals surface area contributed by atoms with Crippen LogP contribution in [0.15, 0.2) is 0 Å². The van der Waals surface area contributed by atoms with Crippen LogP contribution < -0.4 is 0 Å². The van der Waals surface area contributed by atoms with Gasteiger partial charge in [-0.1, -0.05) is 18.5 Å². The van der Waals surface area contributed by atoms with E-state index >= 15 is 0 Å². The first-order valence-electron chi connectivity index (χ1n) is 5.60. The lowest BCUT2D eigenvalue weighted by atomic mass is 10.2. The second kappa shape index (κ2) is 4.98. The van der Waals surface area contributed by atoms with E-state index in [4.69, 9.17) is 11.6 Å². The monoisotopic (exact) mass is 259 g/mol. The minimum atomic E-state index is 0.726. The zero-order valence-electron chi connectivity index (χ0n) is 10.0. The van der Waals surface area contributed by atoms with Gasteiger partial charge in [-0.3, -0.25) is 9.58 Å². The van der Waals surface area contributed by atoms with Gasteiger partial charge < -0.3 is 0 Å². The molecule has 0 aliphatic carbocycles. The lowest BCUT2D eigenvalue weighted by molar-refractivity contribution is 0.278. The quantitative estimate of drug-likeness (QED) is 0.814. The molecule has 0 radical (unpaired) electrons. The second-order valence-electron chi connectivity index (χ2n) is 4.39. The van der Waals surface area contributed by atoms with Crippen LogP contribution in [0.4, 0.5) is 0 Å². The number of rotatable bonds is 2. The third kappa shape index (κ3) is 2.55. The Labute approximate surface area is 106 Å². The Morgan fingerprint density at radius 3 is 2.88 bits per heavy atom. The molecule has 0 aromatic carbocycles. The fraction of sp³-hybridized carbons (Fsp3) is 0.727. The molecule has 1 aromatic rings. The Kier molecular flexibility index (Phi) is 3.82. The van der Waals surface area contributed by atoms with Gasteiger partial charge >= 0.3 is 0 Å². The van der Waals surface area contributed by atoms with E-state index in [0.717, 1.165) is 35.7 Å². The molecule has 1 saturated heterocycles.